The van der Waals surface area contributed by atoms with Gasteiger partial charge in [-0.2, -0.15) is 154 Å². The molecule has 0 saturated heterocycles. The first-order valence-corrected chi connectivity index (χ1v) is 37.8. The standard InChI is InChI=1S/C17H14F5N5O.C15H12F5N5O2.3C15H12F5N5O/c1-16(19)5-10(6-16)14-25-24-13-3-2-12(26-27(13)14)9-4-11(18)15(23-7-9)28-8-17(20,21)22;1-14(16,17)13-23-22-10-5-4-9(24-25(10)13)8-3-6-11(21-12(8)26-2)27-7-15(18,19)20;1-8-9(3-6-12(21-8)26-7-15(18,19)20)10-4-5-11-22-23-13(14(2,16)17)25(11)24-10;1-8-5-12(26-7-15(18,19)20)21-6-9(8)10-3-4-11-22-23-13(14(2,16)17)25(11)24-10;1-8-5-9(6-21-12(8)26-7-15(18,19)20)10-3-4-11-22-23-13(14(2,16)17)25(11)24-10/h2-4,7,10H,5-6,8H2,1H3;3-6H,7H2,1-2H3;3*3-6H,7H2,1-2H3. The van der Waals surface area contributed by atoms with E-state index in [1.54, 1.807) is 26.0 Å². The molecule has 0 bridgehead atoms. The lowest BCUT2D eigenvalue weighted by molar-refractivity contribution is -0.155. The summed E-state index contributed by atoms with van der Waals surface area (Å²) < 4.78 is 353. The average molecular weight is 1910 g/mol. The Labute approximate surface area is 727 Å². The van der Waals surface area contributed by atoms with Crippen LogP contribution < -0.4 is 28.4 Å². The van der Waals surface area contributed by atoms with Crippen molar-refractivity contribution in [1.82, 2.24) is 124 Å². The smallest absolute Gasteiger partial charge is 0.422 e. The van der Waals surface area contributed by atoms with Crippen LogP contribution in [0.3, 0.4) is 0 Å². The number of nitrogens with zero attached hydrogens (tertiary/aromatic N) is 25. The minimum atomic E-state index is -4.60. The van der Waals surface area contributed by atoms with Crippen molar-refractivity contribution < 1.29 is 138 Å². The van der Waals surface area contributed by atoms with Crippen LogP contribution in [-0.2, 0) is 23.7 Å². The van der Waals surface area contributed by atoms with Crippen LogP contribution in [0.2, 0.25) is 0 Å². The predicted octanol–water partition coefficient (Wildman–Crippen LogP) is 17.8. The Balaban J connectivity index is 0.000000150. The number of alkyl halides is 24. The first-order valence-electron chi connectivity index (χ1n) is 37.8. The molecule has 15 aromatic rings. The molecule has 0 atom stereocenters. The van der Waals surface area contributed by atoms with Crippen molar-refractivity contribution in [1.29, 1.82) is 0 Å². The maximum atomic E-state index is 14.1. The number of hydrogen-bond acceptors (Lipinski definition) is 26. The highest BCUT2D eigenvalue weighted by molar-refractivity contribution is 5.68. The zero-order chi connectivity index (χ0) is 97.3. The van der Waals surface area contributed by atoms with Gasteiger partial charge in [-0.3, -0.25) is 0 Å². The Hall–Kier alpha value is -14.5. The van der Waals surface area contributed by atoms with Gasteiger partial charge < -0.3 is 28.4 Å². The maximum Gasteiger partial charge on any atom is 0.422 e. The van der Waals surface area contributed by atoms with Crippen LogP contribution in [0.15, 0.2) is 122 Å². The van der Waals surface area contributed by atoms with Crippen molar-refractivity contribution in [2.75, 3.05) is 40.1 Å². The molecule has 1 fully saturated rings. The van der Waals surface area contributed by atoms with Gasteiger partial charge in [0.05, 0.1) is 46.8 Å². The van der Waals surface area contributed by atoms with Crippen molar-refractivity contribution in [3.63, 3.8) is 0 Å². The van der Waals surface area contributed by atoms with E-state index in [1.165, 1.54) is 123 Å². The molecule has 16 rings (SSSR count). The fraction of sp³-hybridized carbons (Fsp3) is 0.351. The fourth-order valence-corrected chi connectivity index (χ4v) is 12.1. The summed E-state index contributed by atoms with van der Waals surface area (Å²) in [6.45, 7) is 1.36. The molecule has 31 nitrogen and oxygen atoms in total. The van der Waals surface area contributed by atoms with Crippen LogP contribution in [0.25, 0.3) is 84.5 Å². The first kappa shape index (κ1) is 97.6. The SMILES string of the molecule is CC1(F)CC(c2nnc3ccc(-c4cnc(OCC(F)(F)F)c(F)c4)nn23)C1.COc1nc(OCC(F)(F)F)ccc1-c1ccc2nnc(C(C)(F)F)n2n1.Cc1cc(-c2ccc3nnc(C(C)(F)F)n3n2)cnc1OCC(F)(F)F.Cc1cc(OCC(F)(F)F)ncc1-c1ccc2nnc(C(C)(F)F)n2n1.Cc1nc(OCC(F)(F)F)ccc1-c1ccc2nnc(C(C)(F)F)n2n1. The van der Waals surface area contributed by atoms with E-state index in [-0.39, 0.29) is 91.8 Å². The number of hydrogen-bond donors (Lipinski definition) is 0. The fourth-order valence-electron chi connectivity index (χ4n) is 12.1. The molecule has 0 radical (unpaired) electrons. The van der Waals surface area contributed by atoms with Gasteiger partial charge in [-0.1, -0.05) is 0 Å². The van der Waals surface area contributed by atoms with E-state index in [2.05, 4.69) is 125 Å². The number of aromatic nitrogens is 25. The highest BCUT2D eigenvalue weighted by atomic mass is 19.4. The molecule has 15 aromatic heterocycles. The van der Waals surface area contributed by atoms with Crippen LogP contribution in [0.4, 0.5) is 110 Å². The summed E-state index contributed by atoms with van der Waals surface area (Å²) in [5, 5.41) is 57.0. The van der Waals surface area contributed by atoms with Crippen molar-refractivity contribution >= 4 is 28.2 Å². The normalized spacial score (nSPS) is 14.6. The molecule has 706 valence electrons. The number of halogens is 25. The number of pyridine rings is 5. The lowest BCUT2D eigenvalue weighted by Crippen LogP contribution is -2.36. The molecular weight excluding hydrogens is 1850 g/mol. The van der Waals surface area contributed by atoms with E-state index in [0.29, 0.717) is 91.2 Å². The summed E-state index contributed by atoms with van der Waals surface area (Å²) in [5.41, 5.74) is 4.08. The summed E-state index contributed by atoms with van der Waals surface area (Å²) in [4.78, 5) is 19.0. The minimum Gasteiger partial charge on any atom is -0.480 e. The molecule has 0 aromatic carbocycles. The van der Waals surface area contributed by atoms with Gasteiger partial charge in [-0.15, -0.1) is 51.0 Å². The molecule has 15 heterocycles. The van der Waals surface area contributed by atoms with Crippen LogP contribution in [0.1, 0.15) is 99.3 Å². The summed E-state index contributed by atoms with van der Waals surface area (Å²) >= 11 is 0. The molecular formula is C77H62F25N25O6. The van der Waals surface area contributed by atoms with Crippen molar-refractivity contribution in [3.8, 4) is 91.6 Å². The number of rotatable bonds is 21. The van der Waals surface area contributed by atoms with Crippen LogP contribution >= 0.6 is 0 Å². The van der Waals surface area contributed by atoms with E-state index < -0.39 is 128 Å². The van der Waals surface area contributed by atoms with Gasteiger partial charge in [0.1, 0.15) is 5.67 Å². The first-order chi connectivity index (χ1) is 61.8. The van der Waals surface area contributed by atoms with Gasteiger partial charge in [0, 0.05) is 98.2 Å². The Morgan fingerprint density at radius 1 is 0.346 bits per heavy atom. The minimum absolute atomic E-state index is 0.0839. The second kappa shape index (κ2) is 37.4. The number of methoxy groups -OCH3 is 1. The van der Waals surface area contributed by atoms with Gasteiger partial charge in [-0.05, 0) is 131 Å². The molecule has 0 amide bonds. The Kier molecular flexibility index (Phi) is 27.5. The summed E-state index contributed by atoms with van der Waals surface area (Å²) in [6, 6.07) is 24.1. The van der Waals surface area contributed by atoms with Gasteiger partial charge in [0.2, 0.25) is 52.7 Å². The zero-order valence-corrected chi connectivity index (χ0v) is 69.2. The molecule has 1 saturated carbocycles. The third-order valence-corrected chi connectivity index (χ3v) is 17.9. The summed E-state index contributed by atoms with van der Waals surface area (Å²) in [6.07, 6.45) is -18.2. The number of ether oxygens (including phenoxy) is 6. The predicted molar refractivity (Wildman–Crippen MR) is 408 cm³/mol. The molecule has 56 heteroatoms. The monoisotopic (exact) mass is 1910 g/mol. The lowest BCUT2D eigenvalue weighted by Gasteiger charge is -2.37. The lowest BCUT2D eigenvalue weighted by atomic mass is 9.73. The average Bonchev–Trinajstić information content (AvgIpc) is 1.65. The van der Waals surface area contributed by atoms with Crippen molar-refractivity contribution in [2.24, 2.45) is 0 Å². The zero-order valence-electron chi connectivity index (χ0n) is 69.2. The molecule has 0 aliphatic heterocycles. The van der Waals surface area contributed by atoms with Crippen molar-refractivity contribution in [2.45, 2.75) is 134 Å². The second-order valence-corrected chi connectivity index (χ2v) is 29.4. The van der Waals surface area contributed by atoms with Gasteiger partial charge >= 0.3 is 54.6 Å². The number of fused-ring (bicyclic) bond motifs is 5. The third kappa shape index (κ3) is 25.0. The molecule has 133 heavy (non-hydrogen) atoms. The summed E-state index contributed by atoms with van der Waals surface area (Å²) in [5.74, 6) is -17.9. The third-order valence-electron chi connectivity index (χ3n) is 17.9. The highest BCUT2D eigenvalue weighted by Gasteiger charge is 2.45. The van der Waals surface area contributed by atoms with E-state index in [1.807, 2.05) is 0 Å². The Bertz CT molecular complexity index is 6510. The molecule has 0 spiro atoms. The van der Waals surface area contributed by atoms with Gasteiger partial charge in [0.15, 0.2) is 72.9 Å². The maximum absolute atomic E-state index is 14.1. The molecule has 1 aliphatic carbocycles. The van der Waals surface area contributed by atoms with Crippen LogP contribution in [-0.4, -0.2) is 201 Å². The van der Waals surface area contributed by atoms with E-state index in [9.17, 15) is 110 Å². The molecule has 1 aliphatic rings. The Morgan fingerprint density at radius 3 is 1.08 bits per heavy atom. The topological polar surface area (TPSA) is 335 Å². The Morgan fingerprint density at radius 2 is 0.692 bits per heavy atom. The van der Waals surface area contributed by atoms with E-state index in [4.69, 9.17) is 4.74 Å². The molecule has 0 N–H and O–H groups in total. The second-order valence-electron chi connectivity index (χ2n) is 29.4. The van der Waals surface area contributed by atoms with Gasteiger partial charge in [0.25, 0.3) is 5.88 Å². The van der Waals surface area contributed by atoms with E-state index in [0.717, 1.165) is 30.3 Å². The van der Waals surface area contributed by atoms with Gasteiger partial charge in [-0.25, -0.2) is 28.7 Å². The quantitative estimate of drug-likeness (QED) is 0.0603. The van der Waals surface area contributed by atoms with Crippen molar-refractivity contribution in [3.05, 3.63) is 173 Å². The van der Waals surface area contributed by atoms with E-state index >= 15 is 0 Å². The van der Waals surface area contributed by atoms with Crippen LogP contribution in [0.5, 0.6) is 35.3 Å². The number of aryl methyl sites for hydroxylation is 3. The van der Waals surface area contributed by atoms with Crippen LogP contribution in [0, 0.1) is 26.6 Å². The largest absolute Gasteiger partial charge is 0.480 e. The highest BCUT2D eigenvalue weighted by Crippen LogP contribution is 2.47. The molecule has 0 unspecified atom stereocenters. The summed E-state index contributed by atoms with van der Waals surface area (Å²) in [7, 11) is 1.25.